The van der Waals surface area contributed by atoms with Gasteiger partial charge in [0.1, 0.15) is 0 Å². The van der Waals surface area contributed by atoms with Crippen molar-refractivity contribution in [3.63, 3.8) is 0 Å². The molecule has 0 fully saturated rings. The summed E-state index contributed by atoms with van der Waals surface area (Å²) < 4.78 is 35.6. The number of carbonyl (C=O) groups is 2. The molecule has 4 N–H and O–H groups in total. The molecule has 0 aromatic heterocycles. The van der Waals surface area contributed by atoms with Crippen LogP contribution in [-0.4, -0.2) is 53.1 Å². The number of aromatic carboxylic acids is 1. The van der Waals surface area contributed by atoms with Crippen molar-refractivity contribution >= 4 is 22.1 Å². The molecule has 0 heterocycles. The molecule has 1 aromatic rings. The Hall–Kier alpha value is -2.01. The number of rotatable bonds is 6. The van der Waals surface area contributed by atoms with Gasteiger partial charge in [0.2, 0.25) is 0 Å². The first-order valence-electron chi connectivity index (χ1n) is 5.50. The van der Waals surface area contributed by atoms with Crippen LogP contribution in [0.15, 0.2) is 23.1 Å². The van der Waals surface area contributed by atoms with E-state index in [2.05, 4.69) is 4.74 Å². The van der Waals surface area contributed by atoms with Gasteiger partial charge in [-0.2, -0.15) is 8.42 Å². The molecule has 0 aliphatic rings. The van der Waals surface area contributed by atoms with Gasteiger partial charge in [-0.15, -0.1) is 0 Å². The van der Waals surface area contributed by atoms with Crippen molar-refractivity contribution < 1.29 is 42.6 Å². The molecule has 0 bridgehead atoms. The molecular weight excluding hydrogens is 308 g/mol. The maximum atomic E-state index is 11.6. The van der Waals surface area contributed by atoms with E-state index in [1.165, 1.54) is 0 Å². The molecule has 0 atom stereocenters. The maximum Gasteiger partial charge on any atom is 0.338 e. The fraction of sp³-hybridized carbons (Fsp3) is 0.273. The number of aliphatic hydroxyl groups is 2. The molecule has 1 rings (SSSR count). The molecule has 1 aromatic carbocycles. The van der Waals surface area contributed by atoms with E-state index in [1.54, 1.807) is 0 Å². The van der Waals surface area contributed by atoms with Gasteiger partial charge >= 0.3 is 11.9 Å². The van der Waals surface area contributed by atoms with Gasteiger partial charge in [-0.05, 0) is 18.2 Å². The number of carbonyl (C=O) groups excluding carboxylic acids is 1. The quantitative estimate of drug-likeness (QED) is 0.307. The van der Waals surface area contributed by atoms with Crippen LogP contribution in [0.3, 0.4) is 0 Å². The molecule has 0 saturated heterocycles. The van der Waals surface area contributed by atoms with Crippen LogP contribution in [0.5, 0.6) is 0 Å². The highest BCUT2D eigenvalue weighted by Gasteiger charge is 2.19. The Morgan fingerprint density at radius 2 is 1.71 bits per heavy atom. The predicted molar refractivity (Wildman–Crippen MR) is 66.3 cm³/mol. The van der Waals surface area contributed by atoms with E-state index in [9.17, 15) is 18.0 Å². The van der Waals surface area contributed by atoms with Crippen molar-refractivity contribution in [3.05, 3.63) is 29.3 Å². The lowest BCUT2D eigenvalue weighted by molar-refractivity contribution is -0.0562. The highest BCUT2D eigenvalue weighted by atomic mass is 32.2. The first-order chi connectivity index (χ1) is 9.61. The van der Waals surface area contributed by atoms with Crippen molar-refractivity contribution in [1.29, 1.82) is 0 Å². The third kappa shape index (κ3) is 5.11. The molecule has 0 spiro atoms. The molecule has 0 amide bonds. The van der Waals surface area contributed by atoms with E-state index in [4.69, 9.17) is 19.9 Å². The Morgan fingerprint density at radius 3 is 2.19 bits per heavy atom. The second-order valence-corrected chi connectivity index (χ2v) is 5.35. The zero-order chi connectivity index (χ0) is 16.2. The van der Waals surface area contributed by atoms with Crippen LogP contribution >= 0.6 is 0 Å². The number of carboxylic acids is 1. The zero-order valence-electron chi connectivity index (χ0n) is 10.5. The van der Waals surface area contributed by atoms with E-state index in [0.29, 0.717) is 6.07 Å². The summed E-state index contributed by atoms with van der Waals surface area (Å²) in [5.74, 6) is -2.57. The molecule has 21 heavy (non-hydrogen) atoms. The van der Waals surface area contributed by atoms with Gasteiger partial charge in [0, 0.05) is 6.42 Å². The Labute approximate surface area is 119 Å². The summed E-state index contributed by atoms with van der Waals surface area (Å²) in [6.45, 7) is -0.366. The standard InChI is InChI=1S/C11H12O9S/c12-9(13)1-2-20-11(16)7-3-6(10(14)15)4-8(5-7)21(17,18)19/h3-5,9,12-13H,1-2H2,(H,14,15)(H,17,18,19). The Balaban J connectivity index is 3.09. The van der Waals surface area contributed by atoms with Crippen LogP contribution < -0.4 is 0 Å². The summed E-state index contributed by atoms with van der Waals surface area (Å²) in [5, 5.41) is 26.0. The van der Waals surface area contributed by atoms with Crippen molar-refractivity contribution in [2.24, 2.45) is 0 Å². The van der Waals surface area contributed by atoms with Gasteiger partial charge in [0.05, 0.1) is 22.6 Å². The minimum absolute atomic E-state index is 0.268. The maximum absolute atomic E-state index is 11.6. The highest BCUT2D eigenvalue weighted by Crippen LogP contribution is 2.16. The van der Waals surface area contributed by atoms with Crippen LogP contribution in [0, 0.1) is 0 Å². The first-order valence-corrected chi connectivity index (χ1v) is 6.94. The van der Waals surface area contributed by atoms with E-state index >= 15 is 0 Å². The number of hydrogen-bond donors (Lipinski definition) is 4. The summed E-state index contributed by atoms with van der Waals surface area (Å²) in [4.78, 5) is 21.7. The summed E-state index contributed by atoms with van der Waals surface area (Å²) in [7, 11) is -4.70. The molecule has 9 nitrogen and oxygen atoms in total. The summed E-state index contributed by atoms with van der Waals surface area (Å²) >= 11 is 0. The lowest BCUT2D eigenvalue weighted by Crippen LogP contribution is -2.14. The van der Waals surface area contributed by atoms with Gasteiger partial charge in [-0.1, -0.05) is 0 Å². The van der Waals surface area contributed by atoms with Gasteiger partial charge in [0.25, 0.3) is 10.1 Å². The highest BCUT2D eigenvalue weighted by molar-refractivity contribution is 7.85. The smallest absolute Gasteiger partial charge is 0.338 e. The minimum Gasteiger partial charge on any atom is -0.478 e. The average molecular weight is 320 g/mol. The fourth-order valence-corrected chi connectivity index (χ4v) is 1.88. The number of aliphatic hydroxyl groups excluding tert-OH is 1. The van der Waals surface area contributed by atoms with Crippen LogP contribution in [0.4, 0.5) is 0 Å². The first kappa shape index (κ1) is 17.0. The third-order valence-electron chi connectivity index (χ3n) is 2.30. The fourth-order valence-electron chi connectivity index (χ4n) is 1.33. The van der Waals surface area contributed by atoms with Crippen LogP contribution in [0.1, 0.15) is 27.1 Å². The average Bonchev–Trinajstić information content (AvgIpc) is 2.36. The zero-order valence-corrected chi connectivity index (χ0v) is 11.3. The molecule has 0 aliphatic carbocycles. The van der Waals surface area contributed by atoms with Crippen molar-refractivity contribution in [2.45, 2.75) is 17.6 Å². The molecular formula is C11H12O9S. The lowest BCUT2D eigenvalue weighted by atomic mass is 10.1. The second kappa shape index (κ2) is 6.63. The Morgan fingerprint density at radius 1 is 1.14 bits per heavy atom. The topological polar surface area (TPSA) is 158 Å². The van der Waals surface area contributed by atoms with Crippen molar-refractivity contribution in [3.8, 4) is 0 Å². The molecule has 0 radical (unpaired) electrons. The summed E-state index contributed by atoms with van der Waals surface area (Å²) in [6, 6.07) is 2.31. The van der Waals surface area contributed by atoms with Gasteiger partial charge in [-0.3, -0.25) is 4.55 Å². The van der Waals surface area contributed by atoms with Crippen LogP contribution in [0.25, 0.3) is 0 Å². The van der Waals surface area contributed by atoms with E-state index in [1.807, 2.05) is 0 Å². The SMILES string of the molecule is O=C(O)c1cc(C(=O)OCCC(O)O)cc(S(=O)(=O)O)c1. The number of ether oxygens (including phenoxy) is 1. The van der Waals surface area contributed by atoms with Gasteiger partial charge < -0.3 is 20.1 Å². The van der Waals surface area contributed by atoms with E-state index in [-0.39, 0.29) is 13.0 Å². The molecule has 0 aliphatic heterocycles. The third-order valence-corrected chi connectivity index (χ3v) is 3.13. The van der Waals surface area contributed by atoms with Crippen LogP contribution in [-0.2, 0) is 14.9 Å². The number of hydrogen-bond acceptors (Lipinski definition) is 7. The Kier molecular flexibility index (Phi) is 5.38. The summed E-state index contributed by atoms with van der Waals surface area (Å²) in [5.41, 5.74) is -0.936. The minimum atomic E-state index is -4.70. The number of carboxylic acid groups (broad SMARTS) is 1. The van der Waals surface area contributed by atoms with E-state index < -0.39 is 44.4 Å². The predicted octanol–water partition coefficient (Wildman–Crippen LogP) is -0.511. The normalized spacial score (nSPS) is 11.4. The largest absolute Gasteiger partial charge is 0.478 e. The van der Waals surface area contributed by atoms with E-state index in [0.717, 1.165) is 12.1 Å². The van der Waals surface area contributed by atoms with Gasteiger partial charge in [0.15, 0.2) is 6.29 Å². The summed E-state index contributed by atoms with van der Waals surface area (Å²) in [6.07, 6.45) is -1.95. The van der Waals surface area contributed by atoms with Crippen molar-refractivity contribution in [1.82, 2.24) is 0 Å². The van der Waals surface area contributed by atoms with Gasteiger partial charge in [-0.25, -0.2) is 9.59 Å². The molecule has 0 unspecified atom stereocenters. The number of esters is 1. The second-order valence-electron chi connectivity index (χ2n) is 3.93. The number of benzene rings is 1. The van der Waals surface area contributed by atoms with Crippen molar-refractivity contribution in [2.75, 3.05) is 6.61 Å². The molecule has 116 valence electrons. The monoisotopic (exact) mass is 320 g/mol. The Bertz CT molecular complexity index is 648. The molecule has 10 heteroatoms. The van der Waals surface area contributed by atoms with Crippen LogP contribution in [0.2, 0.25) is 0 Å². The lowest BCUT2D eigenvalue weighted by Gasteiger charge is -2.08. The molecule has 0 saturated carbocycles.